The molecule has 1 fully saturated rings. The van der Waals surface area contributed by atoms with Gasteiger partial charge in [-0.1, -0.05) is 25.1 Å². The standard InChI is InChI=1S/C18H21N3O4/c1-12-5-4-8-21(10-12)16(22)11-25-17(23)9-15-13-6-2-3-7-14(13)18(24)20-19-15/h2-3,6-7,12H,4-5,8-11H2,1H3,(H,20,24). The first-order valence-electron chi connectivity index (χ1n) is 8.44. The Kier molecular flexibility index (Phi) is 5.11. The molecule has 1 saturated heterocycles. The van der Waals surface area contributed by atoms with E-state index in [0.29, 0.717) is 35.5 Å². The van der Waals surface area contributed by atoms with Crippen LogP contribution in [0.5, 0.6) is 0 Å². The molecule has 0 spiro atoms. The van der Waals surface area contributed by atoms with Crippen LogP contribution in [0.15, 0.2) is 29.1 Å². The molecule has 1 N–H and O–H groups in total. The summed E-state index contributed by atoms with van der Waals surface area (Å²) < 4.78 is 5.11. The number of likely N-dealkylation sites (tertiary alicyclic amines) is 1. The highest BCUT2D eigenvalue weighted by atomic mass is 16.5. The molecule has 2 heterocycles. The largest absolute Gasteiger partial charge is 0.455 e. The van der Waals surface area contributed by atoms with Crippen LogP contribution in [0.3, 0.4) is 0 Å². The molecule has 0 aliphatic carbocycles. The van der Waals surface area contributed by atoms with Gasteiger partial charge in [0.15, 0.2) is 6.61 Å². The number of nitrogens with one attached hydrogen (secondary N) is 1. The predicted molar refractivity (Wildman–Crippen MR) is 92.0 cm³/mol. The third kappa shape index (κ3) is 4.04. The number of esters is 1. The minimum Gasteiger partial charge on any atom is -0.455 e. The molecule has 1 atom stereocenters. The molecule has 0 saturated carbocycles. The van der Waals surface area contributed by atoms with Gasteiger partial charge in [-0.25, -0.2) is 5.10 Å². The summed E-state index contributed by atoms with van der Waals surface area (Å²) >= 11 is 0. The average molecular weight is 343 g/mol. The maximum absolute atomic E-state index is 12.1. The number of carbonyl (C=O) groups excluding carboxylic acids is 2. The molecule has 1 aromatic carbocycles. The highest BCUT2D eigenvalue weighted by Crippen LogP contribution is 2.16. The first kappa shape index (κ1) is 17.1. The normalized spacial score (nSPS) is 17.5. The number of fused-ring (bicyclic) bond motifs is 1. The second-order valence-electron chi connectivity index (χ2n) is 6.47. The number of piperidine rings is 1. The van der Waals surface area contributed by atoms with E-state index in [0.717, 1.165) is 12.8 Å². The molecule has 132 valence electrons. The number of ether oxygens (including phenoxy) is 1. The Hall–Kier alpha value is -2.70. The van der Waals surface area contributed by atoms with Crippen molar-refractivity contribution in [1.82, 2.24) is 15.1 Å². The molecule has 7 nitrogen and oxygen atoms in total. The van der Waals surface area contributed by atoms with Gasteiger partial charge in [0.05, 0.1) is 17.5 Å². The van der Waals surface area contributed by atoms with E-state index < -0.39 is 5.97 Å². The fourth-order valence-corrected chi connectivity index (χ4v) is 3.14. The van der Waals surface area contributed by atoms with Gasteiger partial charge in [-0.2, -0.15) is 5.10 Å². The maximum Gasteiger partial charge on any atom is 0.312 e. The van der Waals surface area contributed by atoms with E-state index in [9.17, 15) is 14.4 Å². The number of hydrogen-bond acceptors (Lipinski definition) is 5. The van der Waals surface area contributed by atoms with E-state index in [1.54, 1.807) is 29.2 Å². The van der Waals surface area contributed by atoms with Crippen molar-refractivity contribution in [3.8, 4) is 0 Å². The van der Waals surface area contributed by atoms with Gasteiger partial charge in [-0.3, -0.25) is 14.4 Å². The Morgan fingerprint density at radius 1 is 1.32 bits per heavy atom. The van der Waals surface area contributed by atoms with Crippen molar-refractivity contribution in [2.24, 2.45) is 5.92 Å². The van der Waals surface area contributed by atoms with Crippen molar-refractivity contribution in [1.29, 1.82) is 0 Å². The first-order valence-corrected chi connectivity index (χ1v) is 8.44. The number of aromatic amines is 1. The molecule has 0 radical (unpaired) electrons. The Bertz CT molecular complexity index is 846. The zero-order chi connectivity index (χ0) is 17.8. The summed E-state index contributed by atoms with van der Waals surface area (Å²) in [6, 6.07) is 6.93. The molecule has 2 aromatic rings. The van der Waals surface area contributed by atoms with Crippen molar-refractivity contribution in [3.05, 3.63) is 40.3 Å². The number of aromatic nitrogens is 2. The van der Waals surface area contributed by atoms with Crippen LogP contribution >= 0.6 is 0 Å². The van der Waals surface area contributed by atoms with Gasteiger partial charge in [-0.05, 0) is 24.8 Å². The van der Waals surface area contributed by atoms with Gasteiger partial charge in [0, 0.05) is 18.5 Å². The summed E-state index contributed by atoms with van der Waals surface area (Å²) in [5.74, 6) is -0.229. The van der Waals surface area contributed by atoms with Crippen LogP contribution in [0.1, 0.15) is 25.5 Å². The summed E-state index contributed by atoms with van der Waals surface area (Å²) in [6.45, 7) is 3.28. The monoisotopic (exact) mass is 343 g/mol. The summed E-state index contributed by atoms with van der Waals surface area (Å²) in [6.07, 6.45) is 2.00. The number of benzene rings is 1. The van der Waals surface area contributed by atoms with E-state index in [2.05, 4.69) is 17.1 Å². The minimum atomic E-state index is -0.539. The SMILES string of the molecule is CC1CCCN(C(=O)COC(=O)Cc2n[nH]c(=O)c3ccccc23)C1. The minimum absolute atomic E-state index is 0.0963. The molecule has 25 heavy (non-hydrogen) atoms. The molecule has 1 unspecified atom stereocenters. The summed E-state index contributed by atoms with van der Waals surface area (Å²) in [4.78, 5) is 37.7. The van der Waals surface area contributed by atoms with Crippen LogP contribution in [0.25, 0.3) is 10.8 Å². The summed E-state index contributed by atoms with van der Waals surface area (Å²) in [7, 11) is 0. The van der Waals surface area contributed by atoms with Gasteiger partial charge in [0.2, 0.25) is 0 Å². The van der Waals surface area contributed by atoms with E-state index in [4.69, 9.17) is 4.74 Å². The highest BCUT2D eigenvalue weighted by Gasteiger charge is 2.22. The van der Waals surface area contributed by atoms with E-state index >= 15 is 0 Å². The Labute approximate surface area is 145 Å². The zero-order valence-electron chi connectivity index (χ0n) is 14.2. The van der Waals surface area contributed by atoms with Crippen LogP contribution in [0.4, 0.5) is 0 Å². The highest BCUT2D eigenvalue weighted by molar-refractivity contribution is 5.87. The lowest BCUT2D eigenvalue weighted by Gasteiger charge is -2.30. The van der Waals surface area contributed by atoms with E-state index in [-0.39, 0.29) is 24.5 Å². The van der Waals surface area contributed by atoms with Crippen LogP contribution in [0.2, 0.25) is 0 Å². The van der Waals surface area contributed by atoms with Crippen molar-refractivity contribution in [3.63, 3.8) is 0 Å². The Morgan fingerprint density at radius 3 is 2.84 bits per heavy atom. The Morgan fingerprint density at radius 2 is 2.08 bits per heavy atom. The predicted octanol–water partition coefficient (Wildman–Crippen LogP) is 1.27. The van der Waals surface area contributed by atoms with Gasteiger partial charge >= 0.3 is 5.97 Å². The first-order chi connectivity index (χ1) is 12.0. The fraction of sp³-hybridized carbons (Fsp3) is 0.444. The van der Waals surface area contributed by atoms with Gasteiger partial charge in [-0.15, -0.1) is 0 Å². The fourth-order valence-electron chi connectivity index (χ4n) is 3.14. The van der Waals surface area contributed by atoms with Gasteiger partial charge in [0.1, 0.15) is 0 Å². The number of amides is 1. The molecule has 0 bridgehead atoms. The van der Waals surface area contributed by atoms with Gasteiger partial charge in [0.25, 0.3) is 11.5 Å². The molecule has 1 aromatic heterocycles. The quantitative estimate of drug-likeness (QED) is 0.844. The van der Waals surface area contributed by atoms with Crippen LogP contribution in [0, 0.1) is 5.92 Å². The summed E-state index contributed by atoms with van der Waals surface area (Å²) in [5, 5.41) is 7.40. The second kappa shape index (κ2) is 7.46. The smallest absolute Gasteiger partial charge is 0.312 e. The molecular weight excluding hydrogens is 322 g/mol. The second-order valence-corrected chi connectivity index (χ2v) is 6.47. The van der Waals surface area contributed by atoms with E-state index in [1.165, 1.54) is 0 Å². The van der Waals surface area contributed by atoms with Crippen LogP contribution in [-0.2, 0) is 20.7 Å². The maximum atomic E-state index is 12.1. The van der Waals surface area contributed by atoms with Crippen LogP contribution in [-0.4, -0.2) is 46.7 Å². The Balaban J connectivity index is 1.61. The summed E-state index contributed by atoms with van der Waals surface area (Å²) in [5.41, 5.74) is 0.126. The lowest BCUT2D eigenvalue weighted by molar-refractivity contribution is -0.152. The lowest BCUT2D eigenvalue weighted by atomic mass is 10.0. The zero-order valence-corrected chi connectivity index (χ0v) is 14.2. The third-order valence-corrected chi connectivity index (χ3v) is 4.45. The number of nitrogens with zero attached hydrogens (tertiary/aromatic N) is 2. The number of rotatable bonds is 4. The number of carbonyl (C=O) groups is 2. The van der Waals surface area contributed by atoms with Crippen molar-refractivity contribution in [2.45, 2.75) is 26.2 Å². The number of hydrogen-bond donors (Lipinski definition) is 1. The van der Waals surface area contributed by atoms with E-state index in [1.807, 2.05) is 0 Å². The van der Waals surface area contributed by atoms with Crippen molar-refractivity contribution < 1.29 is 14.3 Å². The lowest BCUT2D eigenvalue weighted by Crippen LogP contribution is -2.41. The number of H-pyrrole nitrogens is 1. The third-order valence-electron chi connectivity index (χ3n) is 4.45. The van der Waals surface area contributed by atoms with Crippen molar-refractivity contribution in [2.75, 3.05) is 19.7 Å². The average Bonchev–Trinajstić information content (AvgIpc) is 2.62. The molecule has 1 amide bonds. The molecule has 1 aliphatic rings. The van der Waals surface area contributed by atoms with Crippen molar-refractivity contribution >= 4 is 22.6 Å². The molecule has 3 rings (SSSR count). The molecular formula is C18H21N3O4. The topological polar surface area (TPSA) is 92.4 Å². The molecule has 1 aliphatic heterocycles. The van der Waals surface area contributed by atoms with Gasteiger partial charge < -0.3 is 9.64 Å². The molecule has 7 heteroatoms. The van der Waals surface area contributed by atoms with Crippen LogP contribution < -0.4 is 5.56 Å².